The van der Waals surface area contributed by atoms with Gasteiger partial charge in [0, 0.05) is 0 Å². The second-order valence-corrected chi connectivity index (χ2v) is 0.447. The van der Waals surface area contributed by atoms with Gasteiger partial charge in [0.15, 0.2) is 0 Å². The summed E-state index contributed by atoms with van der Waals surface area (Å²) in [7, 11) is 0. The molecule has 0 rings (SSSR count). The molecule has 0 aliphatic rings. The Kier molecular flexibility index (Phi) is 36.4. The molecular weight excluding hydrogens is 320 g/mol. The van der Waals surface area contributed by atoms with Crippen LogP contribution < -0.4 is 0 Å². The summed E-state index contributed by atoms with van der Waals surface area (Å²) in [6.07, 6.45) is 0. The van der Waals surface area contributed by atoms with Crippen LogP contribution in [0.4, 0.5) is 0 Å². The molecule has 0 saturated carbocycles. The number of rotatable bonds is 0. The average Bonchev–Trinajstić information content (AvgIpc) is 1.25. The fourth-order valence-electron chi connectivity index (χ4n) is 0. The van der Waals surface area contributed by atoms with Gasteiger partial charge in [0.05, 0.1) is 10.2 Å². The molecule has 1 radical (unpaired) electrons. The van der Waals surface area contributed by atoms with E-state index in [1.807, 2.05) is 0 Å². The zero-order valence-electron chi connectivity index (χ0n) is 3.68. The van der Waals surface area contributed by atoms with E-state index in [0.717, 1.165) is 0 Å². The molecule has 0 atom stereocenters. The summed E-state index contributed by atoms with van der Waals surface area (Å²) >= 11 is 0. The van der Waals surface area contributed by atoms with Crippen LogP contribution in [0.15, 0.2) is 0 Å². The van der Waals surface area contributed by atoms with Gasteiger partial charge in [0.2, 0.25) is 0 Å². The van der Waals surface area contributed by atoms with E-state index >= 15 is 0 Å². The molecule has 0 unspecified atom stereocenters. The summed E-state index contributed by atoms with van der Waals surface area (Å²) in [5, 5.41) is 29.5. The molecule has 0 aromatic carbocycles. The van der Waals surface area contributed by atoms with E-state index in [-0.39, 0.29) is 65.7 Å². The van der Waals surface area contributed by atoms with Crippen molar-refractivity contribution in [2.75, 3.05) is 0 Å². The Morgan fingerprint density at radius 1 is 0.800 bits per heavy atom. The molecule has 0 N–H and O–H groups in total. The van der Waals surface area contributed by atoms with E-state index in [0.29, 0.717) is 0 Å². The molecule has 0 aromatic rings. The van der Waals surface area contributed by atoms with Crippen molar-refractivity contribution in [1.82, 2.24) is 0 Å². The standard InChI is InChI=1S/Ba.Co.2NO3.2H/c;;2*2-1(3)4;;/q;+2;2*-1;;. The first-order valence-corrected chi connectivity index (χ1v) is 1.10. The average molecular weight is 322 g/mol. The van der Waals surface area contributed by atoms with Gasteiger partial charge in [0.1, 0.15) is 0 Å². The summed E-state index contributed by atoms with van der Waals surface area (Å²) in [6, 6.07) is 0. The molecule has 0 aromatic heterocycles. The van der Waals surface area contributed by atoms with Crippen LogP contribution in [0.2, 0.25) is 0 Å². The van der Waals surface area contributed by atoms with Crippen LogP contribution in [0.25, 0.3) is 0 Å². The van der Waals surface area contributed by atoms with Gasteiger partial charge in [-0.1, -0.05) is 0 Å². The minimum absolute atomic E-state index is 0. The molecule has 10 heteroatoms. The third-order valence-electron chi connectivity index (χ3n) is 0. The van der Waals surface area contributed by atoms with Crippen LogP contribution in [0.1, 0.15) is 0 Å². The van der Waals surface area contributed by atoms with Crippen molar-refractivity contribution in [1.29, 1.82) is 0 Å². The molecule has 0 heterocycles. The maximum atomic E-state index is 8.25. The molecule has 10 heavy (non-hydrogen) atoms. The second kappa shape index (κ2) is 16.2. The quantitative estimate of drug-likeness (QED) is 0.306. The molecule has 0 spiro atoms. The van der Waals surface area contributed by atoms with Crippen molar-refractivity contribution < 1.29 is 27.0 Å². The van der Waals surface area contributed by atoms with Crippen LogP contribution in [-0.4, -0.2) is 59.1 Å². The van der Waals surface area contributed by atoms with E-state index in [1.54, 1.807) is 0 Å². The summed E-state index contributed by atoms with van der Waals surface area (Å²) in [4.78, 5) is 16.5. The largest absolute Gasteiger partial charge is 2.00 e. The van der Waals surface area contributed by atoms with Crippen LogP contribution in [0.3, 0.4) is 0 Å². The molecule has 0 fully saturated rings. The first-order valence-electron chi connectivity index (χ1n) is 1.10. The van der Waals surface area contributed by atoms with Gasteiger partial charge < -0.3 is 30.6 Å². The topological polar surface area (TPSA) is 132 Å². The van der Waals surface area contributed by atoms with Gasteiger partial charge in [0.25, 0.3) is 0 Å². The Labute approximate surface area is 105 Å². The van der Waals surface area contributed by atoms with E-state index < -0.39 is 10.2 Å². The fourth-order valence-corrected chi connectivity index (χ4v) is 0. The summed E-state index contributed by atoms with van der Waals surface area (Å²) in [6.45, 7) is 0. The Balaban J connectivity index is -0.0000000300. The molecule has 59 valence electrons. The minimum atomic E-state index is -1.75. The van der Waals surface area contributed by atoms with Crippen molar-refractivity contribution in [3.8, 4) is 0 Å². The van der Waals surface area contributed by atoms with Crippen molar-refractivity contribution in [3.63, 3.8) is 0 Å². The van der Waals surface area contributed by atoms with E-state index in [9.17, 15) is 0 Å². The third-order valence-corrected chi connectivity index (χ3v) is 0. The zero-order valence-corrected chi connectivity index (χ0v) is 4.72. The van der Waals surface area contributed by atoms with E-state index in [2.05, 4.69) is 0 Å². The molecule has 8 nitrogen and oxygen atoms in total. The Bertz CT molecular complexity index is 73.7. The number of hydrogen-bond donors (Lipinski definition) is 0. The first kappa shape index (κ1) is 22.4. The van der Waals surface area contributed by atoms with Crippen molar-refractivity contribution in [2.24, 2.45) is 0 Å². The van der Waals surface area contributed by atoms with E-state index in [4.69, 9.17) is 30.6 Å². The van der Waals surface area contributed by atoms with Gasteiger partial charge >= 0.3 is 65.7 Å². The summed E-state index contributed by atoms with van der Waals surface area (Å²) in [5.74, 6) is 0. The molecule has 0 aliphatic heterocycles. The van der Waals surface area contributed by atoms with Gasteiger partial charge in [-0.15, -0.1) is 0 Å². The smallest absolute Gasteiger partial charge is 2.00 e. The van der Waals surface area contributed by atoms with Crippen molar-refractivity contribution >= 4 is 48.9 Å². The van der Waals surface area contributed by atoms with Gasteiger partial charge in [-0.25, -0.2) is 0 Å². The third kappa shape index (κ3) is 2080. The fraction of sp³-hybridized carbons (Fsp3) is 0. The Morgan fingerprint density at radius 3 is 0.800 bits per heavy atom. The zero-order chi connectivity index (χ0) is 7.15. The van der Waals surface area contributed by atoms with Crippen molar-refractivity contribution in [3.05, 3.63) is 30.6 Å². The molecule has 0 bridgehead atoms. The number of nitrogens with zero attached hydrogens (tertiary/aromatic N) is 2. The SMILES string of the molecule is O=[N+]([O-])[O-].O=[N+]([O-])[O-].[BaH2].[Co+2]. The summed E-state index contributed by atoms with van der Waals surface area (Å²) < 4.78 is 0. The maximum Gasteiger partial charge on any atom is 2.00 e. The van der Waals surface area contributed by atoms with Crippen LogP contribution in [0, 0.1) is 30.6 Å². The molecule has 0 amide bonds. The molecular formula is H2BaCoN2O6. The van der Waals surface area contributed by atoms with Crippen LogP contribution in [-0.2, 0) is 16.8 Å². The van der Waals surface area contributed by atoms with Crippen molar-refractivity contribution in [2.45, 2.75) is 0 Å². The van der Waals surface area contributed by atoms with Gasteiger partial charge in [-0.3, -0.25) is 0 Å². The minimum Gasteiger partial charge on any atom is 2.00 e. The number of hydrogen-bond acceptors (Lipinski definition) is 6. The Hall–Kier alpha value is 0.478. The van der Waals surface area contributed by atoms with Gasteiger partial charge in [-0.2, -0.15) is 0 Å². The van der Waals surface area contributed by atoms with Crippen LogP contribution >= 0.6 is 0 Å². The monoisotopic (exact) mass is 323 g/mol. The first-order chi connectivity index (χ1) is 3.46. The maximum absolute atomic E-state index is 8.25. The molecule has 0 aliphatic carbocycles. The predicted molar refractivity (Wildman–Crippen MR) is 29.3 cm³/mol. The normalized spacial score (nSPS) is 4.80. The predicted octanol–water partition coefficient (Wildman–Crippen LogP) is -1.40. The second-order valence-electron chi connectivity index (χ2n) is 0.447. The van der Waals surface area contributed by atoms with E-state index in [1.165, 1.54) is 0 Å². The van der Waals surface area contributed by atoms with Crippen LogP contribution in [0.5, 0.6) is 0 Å². The summed E-state index contributed by atoms with van der Waals surface area (Å²) in [5.41, 5.74) is 0. The Morgan fingerprint density at radius 2 is 0.800 bits per heavy atom. The van der Waals surface area contributed by atoms with Gasteiger partial charge in [-0.05, 0) is 0 Å². The molecule has 0 saturated heterocycles.